The third-order valence-electron chi connectivity index (χ3n) is 6.20. The second kappa shape index (κ2) is 7.37. The number of fused-ring (bicyclic) bond motifs is 3. The average Bonchev–Trinajstić information content (AvgIpc) is 3.18. The normalized spacial score (nSPS) is 23.4. The number of nitrogens with one attached hydrogen (secondary N) is 1. The number of anilines is 1. The number of benzene rings is 2. The molecule has 148 valence electrons. The minimum Gasteiger partial charge on any atom is -0.378 e. The second-order valence-electron chi connectivity index (χ2n) is 7.67. The molecule has 1 aliphatic heterocycles. The van der Waals surface area contributed by atoms with Crippen LogP contribution in [0.1, 0.15) is 48.9 Å². The topological polar surface area (TPSA) is 49.4 Å². The van der Waals surface area contributed by atoms with Gasteiger partial charge in [-0.1, -0.05) is 50.3 Å². The first kappa shape index (κ1) is 19.2. The van der Waals surface area contributed by atoms with Gasteiger partial charge in [0.05, 0.1) is 10.9 Å². The number of hydrogen-bond donors (Lipinski definition) is 1. The lowest BCUT2D eigenvalue weighted by Crippen LogP contribution is -2.32. The first-order valence-corrected chi connectivity index (χ1v) is 11.5. The number of rotatable bonds is 5. The lowest BCUT2D eigenvalue weighted by Gasteiger charge is -2.38. The Morgan fingerprint density at radius 2 is 1.82 bits per heavy atom. The molecule has 28 heavy (non-hydrogen) atoms. The summed E-state index contributed by atoms with van der Waals surface area (Å²) in [5.41, 5.74) is 4.75. The molecule has 3 unspecified atom stereocenters. The summed E-state index contributed by atoms with van der Waals surface area (Å²) in [6.45, 7) is 6.88. The molecule has 0 bridgehead atoms. The Hall–Kier alpha value is -2.11. The van der Waals surface area contributed by atoms with Gasteiger partial charge in [0, 0.05) is 24.7 Å². The van der Waals surface area contributed by atoms with E-state index in [-0.39, 0.29) is 12.0 Å². The Kier molecular flexibility index (Phi) is 5.06. The molecular weight excluding hydrogens is 368 g/mol. The molecule has 0 fully saturated rings. The maximum atomic E-state index is 13.0. The molecule has 0 aromatic heterocycles. The minimum atomic E-state index is -3.45. The maximum Gasteiger partial charge on any atom is 0.243 e. The first-order valence-electron chi connectivity index (χ1n) is 10.1. The molecule has 0 radical (unpaired) electrons. The Labute approximate surface area is 168 Å². The van der Waals surface area contributed by atoms with Crippen molar-refractivity contribution in [1.82, 2.24) is 4.31 Å². The van der Waals surface area contributed by atoms with Crippen LogP contribution in [0, 0.1) is 12.8 Å². The zero-order chi connectivity index (χ0) is 19.9. The van der Waals surface area contributed by atoms with Crippen molar-refractivity contribution in [2.45, 2.75) is 44.0 Å². The van der Waals surface area contributed by atoms with Gasteiger partial charge in [0.25, 0.3) is 0 Å². The van der Waals surface area contributed by atoms with Crippen molar-refractivity contribution >= 4 is 15.7 Å². The lowest BCUT2D eigenvalue weighted by molar-refractivity contribution is 0.423. The molecule has 0 amide bonds. The largest absolute Gasteiger partial charge is 0.378 e. The van der Waals surface area contributed by atoms with E-state index in [2.05, 4.69) is 48.7 Å². The monoisotopic (exact) mass is 396 g/mol. The van der Waals surface area contributed by atoms with Crippen molar-refractivity contribution in [3.63, 3.8) is 0 Å². The van der Waals surface area contributed by atoms with Gasteiger partial charge < -0.3 is 5.32 Å². The predicted octanol–water partition coefficient (Wildman–Crippen LogP) is 4.85. The summed E-state index contributed by atoms with van der Waals surface area (Å²) in [5, 5.41) is 3.71. The summed E-state index contributed by atoms with van der Waals surface area (Å²) in [4.78, 5) is 0.394. The molecule has 0 spiro atoms. The van der Waals surface area contributed by atoms with E-state index in [9.17, 15) is 8.42 Å². The van der Waals surface area contributed by atoms with E-state index in [1.165, 1.54) is 15.4 Å². The van der Waals surface area contributed by atoms with Crippen LogP contribution in [0.15, 0.2) is 59.5 Å². The summed E-state index contributed by atoms with van der Waals surface area (Å²) in [7, 11) is -3.45. The quantitative estimate of drug-likeness (QED) is 0.735. The van der Waals surface area contributed by atoms with E-state index in [1.807, 2.05) is 26.0 Å². The highest BCUT2D eigenvalue weighted by Gasteiger charge is 2.39. The average molecular weight is 397 g/mol. The zero-order valence-corrected chi connectivity index (χ0v) is 17.5. The molecule has 1 N–H and O–H groups in total. The molecule has 2 aromatic rings. The van der Waals surface area contributed by atoms with E-state index in [4.69, 9.17) is 0 Å². The van der Waals surface area contributed by atoms with Crippen LogP contribution in [0.25, 0.3) is 0 Å². The van der Waals surface area contributed by atoms with Gasteiger partial charge in [-0.15, -0.1) is 0 Å². The molecular formula is C23H28N2O2S. The van der Waals surface area contributed by atoms with Crippen LogP contribution in [0.4, 0.5) is 5.69 Å². The number of sulfonamides is 1. The van der Waals surface area contributed by atoms with Gasteiger partial charge in [0.15, 0.2) is 0 Å². The summed E-state index contributed by atoms with van der Waals surface area (Å²) in [5.74, 6) is 0.646. The van der Waals surface area contributed by atoms with Crippen molar-refractivity contribution in [2.24, 2.45) is 5.92 Å². The Bertz CT molecular complexity index is 1010. The van der Waals surface area contributed by atoms with Crippen LogP contribution in [-0.4, -0.2) is 25.8 Å². The van der Waals surface area contributed by atoms with Gasteiger partial charge in [-0.2, -0.15) is 4.31 Å². The summed E-state index contributed by atoms with van der Waals surface area (Å²) < 4.78 is 27.5. The highest BCUT2D eigenvalue weighted by atomic mass is 32.2. The van der Waals surface area contributed by atoms with Crippen molar-refractivity contribution in [3.8, 4) is 0 Å². The molecule has 1 heterocycles. The first-order chi connectivity index (χ1) is 13.5. The molecule has 2 aromatic carbocycles. The number of nitrogens with zero attached hydrogens (tertiary/aromatic N) is 1. The molecule has 5 heteroatoms. The van der Waals surface area contributed by atoms with Gasteiger partial charge in [-0.05, 0) is 54.2 Å². The third-order valence-corrected chi connectivity index (χ3v) is 8.25. The van der Waals surface area contributed by atoms with E-state index in [1.54, 1.807) is 6.07 Å². The van der Waals surface area contributed by atoms with Crippen molar-refractivity contribution in [3.05, 3.63) is 71.3 Å². The van der Waals surface area contributed by atoms with Crippen LogP contribution >= 0.6 is 0 Å². The highest BCUT2D eigenvalue weighted by molar-refractivity contribution is 7.89. The molecule has 1 aliphatic carbocycles. The summed E-state index contributed by atoms with van der Waals surface area (Å²) in [6.07, 6.45) is 5.50. The molecule has 4 rings (SSSR count). The maximum absolute atomic E-state index is 13.0. The van der Waals surface area contributed by atoms with Gasteiger partial charge in [0.2, 0.25) is 10.0 Å². The third kappa shape index (κ3) is 3.07. The smallest absolute Gasteiger partial charge is 0.243 e. The number of aryl methyl sites for hydroxylation is 1. The highest BCUT2D eigenvalue weighted by Crippen LogP contribution is 2.50. The minimum absolute atomic E-state index is 0.235. The molecule has 3 atom stereocenters. The van der Waals surface area contributed by atoms with Gasteiger partial charge in [-0.3, -0.25) is 0 Å². The van der Waals surface area contributed by atoms with Gasteiger partial charge >= 0.3 is 0 Å². The molecule has 0 saturated heterocycles. The van der Waals surface area contributed by atoms with Crippen LogP contribution in [0.2, 0.25) is 0 Å². The van der Waals surface area contributed by atoms with E-state index < -0.39 is 10.0 Å². The van der Waals surface area contributed by atoms with Crippen LogP contribution in [-0.2, 0) is 10.0 Å². The fourth-order valence-electron chi connectivity index (χ4n) is 4.69. The van der Waals surface area contributed by atoms with Gasteiger partial charge in [-0.25, -0.2) is 8.42 Å². The van der Waals surface area contributed by atoms with E-state index in [0.29, 0.717) is 23.9 Å². The van der Waals surface area contributed by atoms with Crippen molar-refractivity contribution < 1.29 is 8.42 Å². The molecule has 0 saturated carbocycles. The van der Waals surface area contributed by atoms with Gasteiger partial charge in [0.1, 0.15) is 0 Å². The van der Waals surface area contributed by atoms with Crippen molar-refractivity contribution in [1.29, 1.82) is 0 Å². The Morgan fingerprint density at radius 3 is 2.54 bits per heavy atom. The van der Waals surface area contributed by atoms with E-state index in [0.717, 1.165) is 17.7 Å². The number of allylic oxidation sites excluding steroid dienone is 2. The second-order valence-corrected chi connectivity index (χ2v) is 9.61. The van der Waals surface area contributed by atoms with Crippen LogP contribution in [0.3, 0.4) is 0 Å². The van der Waals surface area contributed by atoms with Crippen LogP contribution in [0.5, 0.6) is 0 Å². The van der Waals surface area contributed by atoms with Crippen LogP contribution < -0.4 is 5.32 Å². The van der Waals surface area contributed by atoms with E-state index >= 15 is 0 Å². The zero-order valence-electron chi connectivity index (χ0n) is 16.7. The fraction of sp³-hybridized carbons (Fsp3) is 0.391. The van der Waals surface area contributed by atoms with Crippen molar-refractivity contribution in [2.75, 3.05) is 18.4 Å². The Morgan fingerprint density at radius 1 is 1.07 bits per heavy atom. The SMILES string of the molecule is CCN(CC)S(=O)(=O)c1ccc2c(c1)C1C=CCC1C(c1ccccc1C)N2. The summed E-state index contributed by atoms with van der Waals surface area (Å²) >= 11 is 0. The number of hydrogen-bond acceptors (Lipinski definition) is 3. The molecule has 4 nitrogen and oxygen atoms in total. The summed E-state index contributed by atoms with van der Waals surface area (Å²) in [6, 6.07) is 14.3. The predicted molar refractivity (Wildman–Crippen MR) is 114 cm³/mol. The fourth-order valence-corrected chi connectivity index (χ4v) is 6.18. The Balaban J connectivity index is 1.76. The standard InChI is InChI=1S/C23H28N2O2S/c1-4-25(5-2)28(26,27)17-13-14-22-21(15-17)19-11-8-12-20(19)23(24-22)18-10-7-6-9-16(18)3/h6-11,13-15,19-20,23-24H,4-5,12H2,1-3H3. The molecule has 2 aliphatic rings. The lowest BCUT2D eigenvalue weighted by atomic mass is 9.76.